The molecule has 1 rings (SSSR count). The van der Waals surface area contributed by atoms with Crippen molar-refractivity contribution in [3.05, 3.63) is 27.9 Å². The Hall–Kier alpha value is -2.62. The molecule has 7 nitrogen and oxygen atoms in total. The van der Waals surface area contributed by atoms with Crippen molar-refractivity contribution in [3.8, 4) is 17.7 Å². The fourth-order valence-electron chi connectivity index (χ4n) is 1.03. The number of rotatable bonds is 3. The summed E-state index contributed by atoms with van der Waals surface area (Å²) >= 11 is 0. The van der Waals surface area contributed by atoms with Gasteiger partial charge in [-0.15, -0.1) is 0 Å². The van der Waals surface area contributed by atoms with Crippen LogP contribution in [0.25, 0.3) is 0 Å². The van der Waals surface area contributed by atoms with Crippen LogP contribution in [-0.4, -0.2) is 22.9 Å². The zero-order valence-corrected chi connectivity index (χ0v) is 8.97. The van der Waals surface area contributed by atoms with E-state index in [2.05, 4.69) is 16.8 Å². The van der Waals surface area contributed by atoms with Gasteiger partial charge in [-0.1, -0.05) is 11.8 Å². The Balaban J connectivity index is 3.03. The second-order valence-electron chi connectivity index (χ2n) is 2.95. The summed E-state index contributed by atoms with van der Waals surface area (Å²) in [5.41, 5.74) is 4.93. The minimum atomic E-state index is -0.620. The largest absolute Gasteiger partial charge is 0.476 e. The van der Waals surface area contributed by atoms with Crippen LogP contribution in [0.15, 0.2) is 12.3 Å². The lowest BCUT2D eigenvalue weighted by atomic mass is 10.2. The molecule has 0 saturated carbocycles. The Kier molecular flexibility index (Phi) is 4.00. The molecular formula is C10H9N3O4. The first-order valence-electron chi connectivity index (χ1n) is 4.50. The topological polar surface area (TPSA) is 108 Å². The number of carbonyl (C=O) groups excluding carboxylic acids is 1. The lowest BCUT2D eigenvalue weighted by Gasteiger charge is -1.99. The molecule has 7 heteroatoms. The van der Waals surface area contributed by atoms with Crippen LogP contribution >= 0.6 is 0 Å². The normalized spacial score (nSPS) is 9.00. The molecule has 1 aromatic rings. The molecule has 17 heavy (non-hydrogen) atoms. The summed E-state index contributed by atoms with van der Waals surface area (Å²) in [5.74, 6) is 4.38. The molecular weight excluding hydrogens is 226 g/mol. The molecule has 1 heterocycles. The summed E-state index contributed by atoms with van der Waals surface area (Å²) in [5, 5.41) is 10.7. The van der Waals surface area contributed by atoms with Crippen molar-refractivity contribution in [2.45, 2.75) is 6.42 Å². The molecule has 0 unspecified atom stereocenters. The van der Waals surface area contributed by atoms with E-state index in [0.717, 1.165) is 0 Å². The molecule has 0 aliphatic rings. The van der Waals surface area contributed by atoms with Crippen molar-refractivity contribution < 1.29 is 14.5 Å². The van der Waals surface area contributed by atoms with Crippen LogP contribution < -0.4 is 10.5 Å². The van der Waals surface area contributed by atoms with Gasteiger partial charge in [0.25, 0.3) is 5.88 Å². The van der Waals surface area contributed by atoms with Crippen LogP contribution in [0.5, 0.6) is 5.88 Å². The number of hydrogen-bond acceptors (Lipinski definition) is 5. The van der Waals surface area contributed by atoms with Gasteiger partial charge in [-0.25, -0.2) is 4.98 Å². The quantitative estimate of drug-likeness (QED) is 0.458. The zero-order valence-electron chi connectivity index (χ0n) is 8.97. The van der Waals surface area contributed by atoms with Crippen LogP contribution in [0.4, 0.5) is 5.69 Å². The van der Waals surface area contributed by atoms with E-state index in [1.54, 1.807) is 0 Å². The van der Waals surface area contributed by atoms with E-state index in [1.165, 1.54) is 19.4 Å². The minimum absolute atomic E-state index is 0.0875. The number of amides is 1. The second-order valence-corrected chi connectivity index (χ2v) is 2.95. The highest BCUT2D eigenvalue weighted by Crippen LogP contribution is 2.23. The van der Waals surface area contributed by atoms with Gasteiger partial charge in [-0.2, -0.15) is 0 Å². The van der Waals surface area contributed by atoms with Gasteiger partial charge in [0, 0.05) is 17.8 Å². The summed E-state index contributed by atoms with van der Waals surface area (Å²) in [6, 6.07) is 1.22. The zero-order chi connectivity index (χ0) is 12.8. The lowest BCUT2D eigenvalue weighted by molar-refractivity contribution is -0.386. The molecule has 0 aliphatic carbocycles. The molecule has 0 atom stereocenters. The predicted octanol–water partition coefficient (Wildman–Crippen LogP) is 0.225. The maximum absolute atomic E-state index is 10.7. The number of aromatic nitrogens is 1. The first kappa shape index (κ1) is 12.4. The Labute approximate surface area is 96.7 Å². The summed E-state index contributed by atoms with van der Waals surface area (Å²) in [6.45, 7) is 0. The van der Waals surface area contributed by atoms with Crippen LogP contribution in [-0.2, 0) is 4.79 Å². The highest BCUT2D eigenvalue weighted by atomic mass is 16.6. The summed E-state index contributed by atoms with van der Waals surface area (Å²) in [7, 11) is 1.29. The third-order valence-corrected chi connectivity index (χ3v) is 1.72. The number of methoxy groups -OCH3 is 1. The number of pyridine rings is 1. The first-order chi connectivity index (χ1) is 8.04. The third kappa shape index (κ3) is 3.46. The van der Waals surface area contributed by atoms with Crippen molar-refractivity contribution >= 4 is 11.6 Å². The lowest BCUT2D eigenvalue weighted by Crippen LogP contribution is -2.08. The maximum atomic E-state index is 10.7. The summed E-state index contributed by atoms with van der Waals surface area (Å²) in [4.78, 5) is 24.2. The van der Waals surface area contributed by atoms with E-state index in [0.29, 0.717) is 5.56 Å². The average Bonchev–Trinajstić information content (AvgIpc) is 2.28. The van der Waals surface area contributed by atoms with Crippen LogP contribution in [0.3, 0.4) is 0 Å². The fraction of sp³-hybridized carbons (Fsp3) is 0.200. The molecule has 1 aromatic heterocycles. The van der Waals surface area contributed by atoms with Gasteiger partial charge in [0.15, 0.2) is 0 Å². The number of carbonyl (C=O) groups is 1. The Bertz CT molecular complexity index is 516. The highest BCUT2D eigenvalue weighted by molar-refractivity contribution is 5.76. The number of ether oxygens (including phenoxy) is 1. The van der Waals surface area contributed by atoms with Gasteiger partial charge in [-0.05, 0) is 0 Å². The smallest absolute Gasteiger partial charge is 0.332 e. The van der Waals surface area contributed by atoms with Crippen molar-refractivity contribution in [1.82, 2.24) is 4.98 Å². The van der Waals surface area contributed by atoms with Crippen molar-refractivity contribution in [1.29, 1.82) is 0 Å². The first-order valence-corrected chi connectivity index (χ1v) is 4.50. The Morgan fingerprint density at radius 2 is 2.41 bits per heavy atom. The van der Waals surface area contributed by atoms with Gasteiger partial charge < -0.3 is 10.5 Å². The number of nitro groups is 1. The average molecular weight is 235 g/mol. The van der Waals surface area contributed by atoms with Gasteiger partial charge in [0.1, 0.15) is 0 Å². The van der Waals surface area contributed by atoms with E-state index in [1.807, 2.05) is 0 Å². The number of nitrogens with zero attached hydrogens (tertiary/aromatic N) is 2. The molecule has 88 valence electrons. The summed E-state index contributed by atoms with van der Waals surface area (Å²) < 4.78 is 4.73. The fourth-order valence-corrected chi connectivity index (χ4v) is 1.03. The van der Waals surface area contributed by atoms with E-state index in [-0.39, 0.29) is 18.0 Å². The second kappa shape index (κ2) is 5.46. The van der Waals surface area contributed by atoms with Crippen LogP contribution in [0, 0.1) is 22.0 Å². The molecule has 0 spiro atoms. The molecule has 0 bridgehead atoms. The monoisotopic (exact) mass is 235 g/mol. The van der Waals surface area contributed by atoms with E-state index in [9.17, 15) is 14.9 Å². The van der Waals surface area contributed by atoms with Gasteiger partial charge in [0.2, 0.25) is 5.91 Å². The Morgan fingerprint density at radius 3 is 2.94 bits per heavy atom. The van der Waals surface area contributed by atoms with E-state index >= 15 is 0 Å². The van der Waals surface area contributed by atoms with Crippen molar-refractivity contribution in [3.63, 3.8) is 0 Å². The number of nitrogens with two attached hydrogens (primary N) is 1. The van der Waals surface area contributed by atoms with E-state index in [4.69, 9.17) is 10.5 Å². The molecule has 0 radical (unpaired) electrons. The molecule has 2 N–H and O–H groups in total. The molecule has 0 aliphatic heterocycles. The van der Waals surface area contributed by atoms with Crippen molar-refractivity contribution in [2.24, 2.45) is 5.73 Å². The highest BCUT2D eigenvalue weighted by Gasteiger charge is 2.16. The van der Waals surface area contributed by atoms with Gasteiger partial charge >= 0.3 is 5.69 Å². The minimum Gasteiger partial charge on any atom is -0.476 e. The third-order valence-electron chi connectivity index (χ3n) is 1.72. The SMILES string of the molecule is COc1ncc(C#CCC(N)=O)cc1[N+](=O)[O-]. The molecule has 0 aromatic carbocycles. The van der Waals surface area contributed by atoms with E-state index < -0.39 is 10.8 Å². The molecule has 0 fully saturated rings. The number of primary amides is 1. The Morgan fingerprint density at radius 1 is 1.71 bits per heavy atom. The van der Waals surface area contributed by atoms with Crippen LogP contribution in [0.1, 0.15) is 12.0 Å². The standard InChI is InChI=1S/C10H9N3O4/c1-17-10-8(13(15)16)5-7(6-12-10)3-2-4-9(11)14/h5-6H,4H2,1H3,(H2,11,14). The van der Waals surface area contributed by atoms with Gasteiger partial charge in [0.05, 0.1) is 18.5 Å². The van der Waals surface area contributed by atoms with Crippen LogP contribution in [0.2, 0.25) is 0 Å². The van der Waals surface area contributed by atoms with Crippen molar-refractivity contribution in [2.75, 3.05) is 7.11 Å². The molecule has 1 amide bonds. The maximum Gasteiger partial charge on any atom is 0.332 e. The van der Waals surface area contributed by atoms with Gasteiger partial charge in [-0.3, -0.25) is 14.9 Å². The molecule has 0 saturated heterocycles. The summed E-state index contributed by atoms with van der Waals surface area (Å²) in [6.07, 6.45) is 1.21. The predicted molar refractivity (Wildman–Crippen MR) is 58.1 cm³/mol. The number of hydrogen-bond donors (Lipinski definition) is 1.